The summed E-state index contributed by atoms with van der Waals surface area (Å²) in [5.41, 5.74) is -1.27. The highest BCUT2D eigenvalue weighted by atomic mass is 16.7. The van der Waals surface area contributed by atoms with Crippen molar-refractivity contribution in [3.8, 4) is 0 Å². The Balaban J connectivity index is 1.73. The van der Waals surface area contributed by atoms with Crippen LogP contribution in [-0.4, -0.2) is 54.8 Å². The first-order chi connectivity index (χ1) is 14.7. The van der Waals surface area contributed by atoms with Gasteiger partial charge in [-0.25, -0.2) is 9.69 Å². The van der Waals surface area contributed by atoms with Crippen LogP contribution in [0.15, 0.2) is 36.4 Å². The van der Waals surface area contributed by atoms with E-state index in [1.54, 1.807) is 6.08 Å². The average molecular weight is 429 g/mol. The number of ether oxygens (including phenoxy) is 4. The van der Waals surface area contributed by atoms with Gasteiger partial charge >= 0.3 is 17.9 Å². The van der Waals surface area contributed by atoms with E-state index in [0.717, 1.165) is 18.7 Å². The molecule has 0 unspecified atom stereocenters. The molecule has 2 bridgehead atoms. The minimum Gasteiger partial charge on any atom is -0.465 e. The summed E-state index contributed by atoms with van der Waals surface area (Å²) in [5.74, 6) is -5.24. The molecule has 2 amide bonds. The predicted octanol–water partition coefficient (Wildman–Crippen LogP) is 0.738. The number of nitrogens with zero attached hydrogens (tertiary/aromatic N) is 1. The molecule has 2 fully saturated rings. The largest absolute Gasteiger partial charge is 0.465 e. The molecule has 3 aliphatic heterocycles. The fourth-order valence-corrected chi connectivity index (χ4v) is 4.36. The van der Waals surface area contributed by atoms with E-state index in [9.17, 15) is 24.0 Å². The van der Waals surface area contributed by atoms with Gasteiger partial charge in [-0.15, -0.1) is 0 Å². The van der Waals surface area contributed by atoms with Crippen LogP contribution in [0.1, 0.15) is 24.2 Å². The van der Waals surface area contributed by atoms with Crippen molar-refractivity contribution >= 4 is 35.4 Å². The molecular formula is C21H19NO9. The predicted molar refractivity (Wildman–Crippen MR) is 101 cm³/mol. The Labute approximate surface area is 176 Å². The number of imide groups is 1. The SMILES string of the molecule is COC(=O)c1cccc(N2C(=O)[C@@H]3[C@@H]4C=C[C@@](C(OC(C)=O)OC(C)=O)(O4)[C@H]3C2=O)c1. The Hall–Kier alpha value is -3.53. The third-order valence-electron chi connectivity index (χ3n) is 5.52. The van der Waals surface area contributed by atoms with Crippen molar-refractivity contribution in [3.63, 3.8) is 0 Å². The van der Waals surface area contributed by atoms with Crippen LogP contribution in [0.4, 0.5) is 5.69 Å². The molecule has 0 N–H and O–H groups in total. The van der Waals surface area contributed by atoms with Gasteiger partial charge in [-0.3, -0.25) is 19.2 Å². The molecule has 3 aliphatic rings. The summed E-state index contributed by atoms with van der Waals surface area (Å²) >= 11 is 0. The number of rotatable bonds is 5. The smallest absolute Gasteiger partial charge is 0.337 e. The van der Waals surface area contributed by atoms with Crippen molar-refractivity contribution in [1.29, 1.82) is 0 Å². The molecule has 162 valence electrons. The van der Waals surface area contributed by atoms with Crippen LogP contribution in [0.25, 0.3) is 0 Å². The van der Waals surface area contributed by atoms with Crippen LogP contribution in [0, 0.1) is 11.8 Å². The number of amides is 2. The standard InChI is InChI=1S/C21H19NO9/c1-10(23)29-20(30-11(2)24)21-8-7-14(31-21)15-16(21)18(26)22(17(15)25)13-6-4-5-12(9-13)19(27)28-3/h4-9,14-16,20H,1-3H3/t14-,15+,16+,21+/m0/s1. The van der Waals surface area contributed by atoms with Crippen LogP contribution in [-0.2, 0) is 38.1 Å². The minimum atomic E-state index is -1.63. The van der Waals surface area contributed by atoms with Gasteiger partial charge in [0.05, 0.1) is 36.3 Å². The molecule has 2 saturated heterocycles. The molecule has 31 heavy (non-hydrogen) atoms. The first-order valence-corrected chi connectivity index (χ1v) is 9.47. The lowest BCUT2D eigenvalue weighted by Crippen LogP contribution is -2.52. The number of hydrogen-bond donors (Lipinski definition) is 0. The van der Waals surface area contributed by atoms with E-state index in [-0.39, 0.29) is 11.3 Å². The number of fused-ring (bicyclic) bond motifs is 5. The monoisotopic (exact) mass is 429 g/mol. The van der Waals surface area contributed by atoms with Gasteiger partial charge in [0.1, 0.15) is 0 Å². The number of carbonyl (C=O) groups is 5. The van der Waals surface area contributed by atoms with Gasteiger partial charge in [-0.1, -0.05) is 12.1 Å². The molecule has 0 spiro atoms. The highest BCUT2D eigenvalue weighted by Gasteiger charge is 2.72. The molecule has 0 radical (unpaired) electrons. The Morgan fingerprint density at radius 2 is 1.77 bits per heavy atom. The van der Waals surface area contributed by atoms with Gasteiger partial charge in [0, 0.05) is 13.8 Å². The topological polar surface area (TPSA) is 126 Å². The number of anilines is 1. The summed E-state index contributed by atoms with van der Waals surface area (Å²) < 4.78 is 20.9. The minimum absolute atomic E-state index is 0.169. The first-order valence-electron chi connectivity index (χ1n) is 9.47. The average Bonchev–Trinajstić information content (AvgIpc) is 3.37. The first kappa shape index (κ1) is 20.7. The van der Waals surface area contributed by atoms with E-state index in [2.05, 4.69) is 0 Å². The Kier molecular flexibility index (Phi) is 4.89. The summed E-state index contributed by atoms with van der Waals surface area (Å²) in [6.45, 7) is 2.25. The quantitative estimate of drug-likeness (QED) is 0.288. The molecule has 1 aromatic carbocycles. The molecule has 1 aromatic rings. The van der Waals surface area contributed by atoms with Crippen LogP contribution in [0.3, 0.4) is 0 Å². The lowest BCUT2D eigenvalue weighted by Gasteiger charge is -2.34. The maximum absolute atomic E-state index is 13.4. The van der Waals surface area contributed by atoms with Crippen molar-refractivity contribution in [2.24, 2.45) is 11.8 Å². The number of carbonyl (C=O) groups excluding carboxylic acids is 5. The van der Waals surface area contributed by atoms with Crippen molar-refractivity contribution in [2.75, 3.05) is 12.0 Å². The zero-order valence-electron chi connectivity index (χ0n) is 16.9. The third kappa shape index (κ3) is 3.10. The summed E-state index contributed by atoms with van der Waals surface area (Å²) in [4.78, 5) is 62.7. The lowest BCUT2D eigenvalue weighted by atomic mass is 9.76. The summed E-state index contributed by atoms with van der Waals surface area (Å²) in [6.07, 6.45) is 0.774. The molecule has 3 heterocycles. The molecular weight excluding hydrogens is 410 g/mol. The summed E-state index contributed by atoms with van der Waals surface area (Å²) in [7, 11) is 1.22. The zero-order valence-corrected chi connectivity index (χ0v) is 16.9. The number of benzene rings is 1. The molecule has 0 aliphatic carbocycles. The van der Waals surface area contributed by atoms with E-state index in [1.807, 2.05) is 0 Å². The van der Waals surface area contributed by atoms with Crippen molar-refractivity contribution in [2.45, 2.75) is 31.8 Å². The second-order valence-corrected chi connectivity index (χ2v) is 7.40. The second kappa shape index (κ2) is 7.31. The third-order valence-corrected chi connectivity index (χ3v) is 5.52. The molecule has 10 heteroatoms. The highest BCUT2D eigenvalue weighted by molar-refractivity contribution is 6.23. The fraction of sp³-hybridized carbons (Fsp3) is 0.381. The van der Waals surface area contributed by atoms with Crippen LogP contribution < -0.4 is 4.90 Å². The number of methoxy groups -OCH3 is 1. The van der Waals surface area contributed by atoms with Gasteiger partial charge in [-0.2, -0.15) is 0 Å². The summed E-state index contributed by atoms with van der Waals surface area (Å²) in [5, 5.41) is 0. The Bertz CT molecular complexity index is 1020. The number of hydrogen-bond acceptors (Lipinski definition) is 9. The lowest BCUT2D eigenvalue weighted by molar-refractivity contribution is -0.226. The van der Waals surface area contributed by atoms with E-state index in [1.165, 1.54) is 37.5 Å². The van der Waals surface area contributed by atoms with Crippen molar-refractivity contribution in [1.82, 2.24) is 0 Å². The van der Waals surface area contributed by atoms with Gasteiger partial charge in [0.15, 0.2) is 5.60 Å². The van der Waals surface area contributed by atoms with Gasteiger partial charge in [0.2, 0.25) is 11.8 Å². The second-order valence-electron chi connectivity index (χ2n) is 7.40. The van der Waals surface area contributed by atoms with Crippen molar-refractivity contribution in [3.05, 3.63) is 42.0 Å². The van der Waals surface area contributed by atoms with E-state index < -0.39 is 59.6 Å². The Morgan fingerprint density at radius 3 is 2.39 bits per heavy atom. The van der Waals surface area contributed by atoms with Gasteiger partial charge in [-0.05, 0) is 24.3 Å². The van der Waals surface area contributed by atoms with E-state index in [0.29, 0.717) is 0 Å². The zero-order chi connectivity index (χ0) is 22.5. The van der Waals surface area contributed by atoms with Crippen molar-refractivity contribution < 1.29 is 42.9 Å². The van der Waals surface area contributed by atoms with Crippen LogP contribution >= 0.6 is 0 Å². The van der Waals surface area contributed by atoms with Gasteiger partial charge in [0.25, 0.3) is 6.29 Å². The molecule has 4 atom stereocenters. The molecule has 10 nitrogen and oxygen atoms in total. The van der Waals surface area contributed by atoms with Crippen LogP contribution in [0.2, 0.25) is 0 Å². The molecule has 0 aromatic heterocycles. The van der Waals surface area contributed by atoms with Crippen LogP contribution in [0.5, 0.6) is 0 Å². The fourth-order valence-electron chi connectivity index (χ4n) is 4.36. The maximum atomic E-state index is 13.4. The summed E-state index contributed by atoms with van der Waals surface area (Å²) in [6, 6.07) is 5.91. The van der Waals surface area contributed by atoms with E-state index >= 15 is 0 Å². The normalized spacial score (nSPS) is 28.1. The van der Waals surface area contributed by atoms with E-state index in [4.69, 9.17) is 18.9 Å². The van der Waals surface area contributed by atoms with Gasteiger partial charge < -0.3 is 18.9 Å². The Morgan fingerprint density at radius 1 is 1.10 bits per heavy atom. The maximum Gasteiger partial charge on any atom is 0.337 e. The number of esters is 3. The highest BCUT2D eigenvalue weighted by Crippen LogP contribution is 2.54. The molecule has 4 rings (SSSR count). The molecule has 0 saturated carbocycles.